The molecule has 0 aliphatic carbocycles. The summed E-state index contributed by atoms with van der Waals surface area (Å²) in [5, 5.41) is 6.89. The Labute approximate surface area is 173 Å². The lowest BCUT2D eigenvalue weighted by atomic mass is 10.2. The molecule has 2 heterocycles. The van der Waals surface area contributed by atoms with Gasteiger partial charge in [0.25, 0.3) is 0 Å². The average Bonchev–Trinajstić information content (AvgIpc) is 3.20. The number of nitrogens with one attached hydrogen (secondary N) is 2. The number of hydrogen-bond donors (Lipinski definition) is 2. The van der Waals surface area contributed by atoms with Gasteiger partial charge in [-0.05, 0) is 38.0 Å². The summed E-state index contributed by atoms with van der Waals surface area (Å²) in [7, 11) is 3.51. The molecule has 7 nitrogen and oxygen atoms in total. The smallest absolute Gasteiger partial charge is 0.213 e. The van der Waals surface area contributed by atoms with Crippen molar-refractivity contribution in [2.24, 2.45) is 4.99 Å². The second-order valence-corrected chi connectivity index (χ2v) is 7.34. The minimum Gasteiger partial charge on any atom is -0.495 e. The van der Waals surface area contributed by atoms with E-state index >= 15 is 0 Å². The van der Waals surface area contributed by atoms with Crippen molar-refractivity contribution in [3.05, 3.63) is 48.2 Å². The maximum atomic E-state index is 5.59. The number of rotatable bonds is 7. The van der Waals surface area contributed by atoms with Crippen LogP contribution in [-0.4, -0.2) is 50.3 Å². The van der Waals surface area contributed by atoms with E-state index in [0.717, 1.165) is 42.5 Å². The van der Waals surface area contributed by atoms with Crippen LogP contribution in [0.1, 0.15) is 25.8 Å². The Morgan fingerprint density at radius 2 is 2.10 bits per heavy atom. The Morgan fingerprint density at radius 3 is 2.79 bits per heavy atom. The minimum absolute atomic E-state index is 0.122. The van der Waals surface area contributed by atoms with Crippen molar-refractivity contribution in [1.29, 1.82) is 0 Å². The lowest BCUT2D eigenvalue weighted by molar-refractivity contribution is 0.232. The SMILES string of the molecule is CN=C(NCc1ccc(OC(C)C)nc1)NC1CCN(c2ccccc2OC)C1. The van der Waals surface area contributed by atoms with Crippen molar-refractivity contribution in [2.45, 2.75) is 39.0 Å². The molecule has 1 saturated heterocycles. The molecule has 1 aliphatic heterocycles. The van der Waals surface area contributed by atoms with E-state index in [1.165, 1.54) is 0 Å². The van der Waals surface area contributed by atoms with Crippen molar-refractivity contribution in [3.63, 3.8) is 0 Å². The topological polar surface area (TPSA) is 71.0 Å². The average molecular weight is 398 g/mol. The maximum Gasteiger partial charge on any atom is 0.213 e. The standard InChI is InChI=1S/C22H31N5O2/c1-16(2)29-21-10-9-17(13-24-21)14-25-22(23-3)26-18-11-12-27(15-18)19-7-5-6-8-20(19)28-4/h5-10,13,16,18H,11-12,14-15H2,1-4H3,(H2,23,25,26). The molecular formula is C22H31N5O2. The van der Waals surface area contributed by atoms with Gasteiger partial charge in [0.1, 0.15) is 5.75 Å². The summed E-state index contributed by atoms with van der Waals surface area (Å²) in [6.07, 6.45) is 3.00. The number of methoxy groups -OCH3 is 1. The molecule has 1 unspecified atom stereocenters. The second-order valence-electron chi connectivity index (χ2n) is 7.34. The zero-order valence-electron chi connectivity index (χ0n) is 17.7. The number of aliphatic imine (C=N–C) groups is 1. The van der Waals surface area contributed by atoms with Crippen LogP contribution in [0.3, 0.4) is 0 Å². The first-order valence-corrected chi connectivity index (χ1v) is 10.1. The van der Waals surface area contributed by atoms with Crippen LogP contribution in [0.5, 0.6) is 11.6 Å². The third-order valence-electron chi connectivity index (χ3n) is 4.79. The molecule has 1 aliphatic rings. The molecule has 0 spiro atoms. The monoisotopic (exact) mass is 397 g/mol. The van der Waals surface area contributed by atoms with Crippen LogP contribution in [0.15, 0.2) is 47.6 Å². The Kier molecular flexibility index (Phi) is 7.16. The van der Waals surface area contributed by atoms with Crippen LogP contribution >= 0.6 is 0 Å². The first-order valence-electron chi connectivity index (χ1n) is 10.1. The fourth-order valence-electron chi connectivity index (χ4n) is 3.39. The number of guanidine groups is 1. The van der Waals surface area contributed by atoms with Crippen LogP contribution < -0.4 is 25.0 Å². The fraction of sp³-hybridized carbons (Fsp3) is 0.455. The number of hydrogen-bond acceptors (Lipinski definition) is 5. The molecule has 1 fully saturated rings. The van der Waals surface area contributed by atoms with Gasteiger partial charge in [-0.2, -0.15) is 0 Å². The van der Waals surface area contributed by atoms with Gasteiger partial charge in [0.15, 0.2) is 5.96 Å². The lowest BCUT2D eigenvalue weighted by Crippen LogP contribution is -2.44. The van der Waals surface area contributed by atoms with E-state index in [2.05, 4.69) is 31.6 Å². The summed E-state index contributed by atoms with van der Waals surface area (Å²) in [5.74, 6) is 2.35. The summed E-state index contributed by atoms with van der Waals surface area (Å²) in [6.45, 7) is 6.52. The molecule has 0 saturated carbocycles. The van der Waals surface area contributed by atoms with E-state index in [-0.39, 0.29) is 6.10 Å². The molecule has 2 aromatic rings. The Bertz CT molecular complexity index is 807. The van der Waals surface area contributed by atoms with Gasteiger partial charge in [0, 0.05) is 45.0 Å². The second kappa shape index (κ2) is 10.0. The van der Waals surface area contributed by atoms with Crippen molar-refractivity contribution < 1.29 is 9.47 Å². The summed E-state index contributed by atoms with van der Waals surface area (Å²) >= 11 is 0. The third kappa shape index (κ3) is 5.76. The number of anilines is 1. The van der Waals surface area contributed by atoms with Crippen LogP contribution in [0.25, 0.3) is 0 Å². The van der Waals surface area contributed by atoms with Gasteiger partial charge in [0.2, 0.25) is 5.88 Å². The number of ether oxygens (including phenoxy) is 2. The fourth-order valence-corrected chi connectivity index (χ4v) is 3.39. The van der Waals surface area contributed by atoms with Crippen LogP contribution in [0.4, 0.5) is 5.69 Å². The number of pyridine rings is 1. The van der Waals surface area contributed by atoms with Gasteiger partial charge < -0.3 is 25.0 Å². The van der Waals surface area contributed by atoms with Gasteiger partial charge in [0.05, 0.1) is 18.9 Å². The van der Waals surface area contributed by atoms with E-state index in [1.54, 1.807) is 14.2 Å². The van der Waals surface area contributed by atoms with Crippen LogP contribution in [-0.2, 0) is 6.54 Å². The van der Waals surface area contributed by atoms with E-state index in [1.807, 2.05) is 50.4 Å². The molecule has 0 radical (unpaired) electrons. The highest BCUT2D eigenvalue weighted by Gasteiger charge is 2.25. The molecular weight excluding hydrogens is 366 g/mol. The zero-order chi connectivity index (χ0) is 20.6. The molecule has 1 atom stereocenters. The first kappa shape index (κ1) is 20.8. The summed E-state index contributed by atoms with van der Waals surface area (Å²) in [4.78, 5) is 11.1. The number of nitrogens with zero attached hydrogens (tertiary/aromatic N) is 3. The molecule has 0 amide bonds. The lowest BCUT2D eigenvalue weighted by Gasteiger charge is -2.22. The third-order valence-corrected chi connectivity index (χ3v) is 4.79. The Hall–Kier alpha value is -2.96. The molecule has 7 heteroatoms. The first-order chi connectivity index (χ1) is 14.1. The number of para-hydroxylation sites is 2. The highest BCUT2D eigenvalue weighted by atomic mass is 16.5. The van der Waals surface area contributed by atoms with Gasteiger partial charge in [-0.3, -0.25) is 4.99 Å². The Balaban J connectivity index is 1.50. The molecule has 1 aromatic carbocycles. The van der Waals surface area contributed by atoms with Crippen molar-refractivity contribution in [2.75, 3.05) is 32.1 Å². The zero-order valence-corrected chi connectivity index (χ0v) is 17.7. The van der Waals surface area contributed by atoms with E-state index in [0.29, 0.717) is 18.5 Å². The summed E-state index contributed by atoms with van der Waals surface area (Å²) in [6, 6.07) is 12.4. The van der Waals surface area contributed by atoms with Gasteiger partial charge in [-0.1, -0.05) is 18.2 Å². The number of aromatic nitrogens is 1. The predicted molar refractivity (Wildman–Crippen MR) is 117 cm³/mol. The van der Waals surface area contributed by atoms with Gasteiger partial charge in [-0.15, -0.1) is 0 Å². The Morgan fingerprint density at radius 1 is 1.28 bits per heavy atom. The maximum absolute atomic E-state index is 5.59. The highest BCUT2D eigenvalue weighted by Crippen LogP contribution is 2.30. The minimum atomic E-state index is 0.122. The number of benzene rings is 1. The van der Waals surface area contributed by atoms with E-state index in [4.69, 9.17) is 9.47 Å². The predicted octanol–water partition coefficient (Wildman–Crippen LogP) is 2.82. The molecule has 2 N–H and O–H groups in total. The van der Waals surface area contributed by atoms with Crippen molar-refractivity contribution in [3.8, 4) is 11.6 Å². The summed E-state index contributed by atoms with van der Waals surface area (Å²) in [5.41, 5.74) is 2.21. The van der Waals surface area contributed by atoms with Gasteiger partial charge in [-0.25, -0.2) is 4.98 Å². The largest absolute Gasteiger partial charge is 0.495 e. The van der Waals surface area contributed by atoms with E-state index < -0.39 is 0 Å². The van der Waals surface area contributed by atoms with Crippen molar-refractivity contribution >= 4 is 11.6 Å². The molecule has 0 bridgehead atoms. The normalized spacial score (nSPS) is 16.8. The van der Waals surface area contributed by atoms with Crippen LogP contribution in [0, 0.1) is 0 Å². The molecule has 29 heavy (non-hydrogen) atoms. The highest BCUT2D eigenvalue weighted by molar-refractivity contribution is 5.80. The van der Waals surface area contributed by atoms with Crippen molar-refractivity contribution in [1.82, 2.24) is 15.6 Å². The molecule has 1 aromatic heterocycles. The summed E-state index contributed by atoms with van der Waals surface area (Å²) < 4.78 is 11.1. The quantitative estimate of drug-likeness (QED) is 0.553. The molecule has 156 valence electrons. The molecule has 3 rings (SSSR count). The van der Waals surface area contributed by atoms with Crippen LogP contribution in [0.2, 0.25) is 0 Å². The van der Waals surface area contributed by atoms with Gasteiger partial charge >= 0.3 is 0 Å². The van der Waals surface area contributed by atoms with E-state index in [9.17, 15) is 0 Å².